The number of fused-ring (bicyclic) bond motifs is 1. The van der Waals surface area contributed by atoms with Crippen LogP contribution in [-0.4, -0.2) is 16.3 Å². The maximum Gasteiger partial charge on any atom is 0.150 e. The average Bonchev–Trinajstić information content (AvgIpc) is 2.90. The van der Waals surface area contributed by atoms with E-state index in [0.29, 0.717) is 12.3 Å². The van der Waals surface area contributed by atoms with Crippen LogP contribution in [0.3, 0.4) is 0 Å². The molecule has 0 fully saturated rings. The number of hydrogen-bond acceptors (Lipinski definition) is 5. The highest BCUT2D eigenvalue weighted by Crippen LogP contribution is 2.30. The number of aromatic nitrogens is 1. The van der Waals surface area contributed by atoms with Gasteiger partial charge in [0.1, 0.15) is 5.75 Å². The molecule has 1 aromatic heterocycles. The van der Waals surface area contributed by atoms with E-state index in [2.05, 4.69) is 32.3 Å². The molecule has 0 aliphatic heterocycles. The molecule has 0 saturated carbocycles. The van der Waals surface area contributed by atoms with Crippen LogP contribution in [-0.2, 0) is 6.54 Å². The molecule has 0 amide bonds. The average molecular weight is 381 g/mol. The van der Waals surface area contributed by atoms with E-state index in [-0.39, 0.29) is 0 Å². The fourth-order valence-corrected chi connectivity index (χ4v) is 3.93. The number of halogens is 1. The Morgan fingerprint density at radius 3 is 2.95 bits per heavy atom. The summed E-state index contributed by atoms with van der Waals surface area (Å²) >= 11 is 6.77. The van der Waals surface area contributed by atoms with Crippen LogP contribution >= 0.6 is 39.0 Å². The minimum absolute atomic E-state index is 0.300. The summed E-state index contributed by atoms with van der Waals surface area (Å²) in [6.45, 7) is 0.574. The molecule has 21 heavy (non-hydrogen) atoms. The molecule has 3 aromatic rings. The van der Waals surface area contributed by atoms with Crippen molar-refractivity contribution in [2.75, 3.05) is 11.6 Å². The van der Waals surface area contributed by atoms with E-state index < -0.39 is 0 Å². The number of thioether (sulfide) groups is 1. The largest absolute Gasteiger partial charge is 0.508 e. The topological polar surface area (TPSA) is 45.2 Å². The molecule has 0 aliphatic rings. The number of nitrogens with zero attached hydrogens (tertiary/aromatic N) is 1. The number of nitrogens with one attached hydrogen (secondary N) is 1. The van der Waals surface area contributed by atoms with Gasteiger partial charge < -0.3 is 10.4 Å². The standard InChI is InChI=1S/C15H13BrN2OS2/c1-20-15-18-12-4-3-11(7-14(12)21-15)17-8-9-6-10(16)2-5-13(9)19/h2-7,17,19H,8H2,1H3. The summed E-state index contributed by atoms with van der Waals surface area (Å²) < 4.78 is 3.20. The van der Waals surface area contributed by atoms with Gasteiger partial charge in [-0.1, -0.05) is 27.7 Å². The normalized spacial score (nSPS) is 11.0. The maximum absolute atomic E-state index is 9.85. The minimum Gasteiger partial charge on any atom is -0.508 e. The van der Waals surface area contributed by atoms with Crippen LogP contribution in [0.1, 0.15) is 5.56 Å². The second-order valence-electron chi connectivity index (χ2n) is 4.49. The highest BCUT2D eigenvalue weighted by Gasteiger charge is 2.05. The third kappa shape index (κ3) is 3.33. The van der Waals surface area contributed by atoms with Crippen LogP contribution in [0.2, 0.25) is 0 Å². The first-order chi connectivity index (χ1) is 10.2. The van der Waals surface area contributed by atoms with Crippen molar-refractivity contribution in [3.05, 3.63) is 46.4 Å². The molecule has 6 heteroatoms. The monoisotopic (exact) mass is 380 g/mol. The zero-order valence-corrected chi connectivity index (χ0v) is 14.5. The number of benzene rings is 2. The number of thiazole rings is 1. The Bertz CT molecular complexity index is 788. The summed E-state index contributed by atoms with van der Waals surface area (Å²) in [5.74, 6) is 0.300. The zero-order valence-electron chi connectivity index (χ0n) is 11.3. The lowest BCUT2D eigenvalue weighted by molar-refractivity contribution is 0.469. The van der Waals surface area contributed by atoms with Gasteiger partial charge in [-0.2, -0.15) is 0 Å². The van der Waals surface area contributed by atoms with Gasteiger partial charge in [0.2, 0.25) is 0 Å². The number of phenols is 1. The van der Waals surface area contributed by atoms with Crippen LogP contribution < -0.4 is 5.32 Å². The van der Waals surface area contributed by atoms with E-state index in [0.717, 1.165) is 25.6 Å². The van der Waals surface area contributed by atoms with Crippen LogP contribution in [0, 0.1) is 0 Å². The molecule has 0 spiro atoms. The van der Waals surface area contributed by atoms with E-state index in [9.17, 15) is 5.11 Å². The van der Waals surface area contributed by atoms with Crippen molar-refractivity contribution in [2.24, 2.45) is 0 Å². The Balaban J connectivity index is 1.80. The molecular formula is C15H13BrN2OS2. The summed E-state index contributed by atoms with van der Waals surface area (Å²) in [5.41, 5.74) is 2.91. The van der Waals surface area contributed by atoms with Crippen LogP contribution in [0.15, 0.2) is 45.2 Å². The fourth-order valence-electron chi connectivity index (χ4n) is 1.99. The highest BCUT2D eigenvalue weighted by atomic mass is 79.9. The van der Waals surface area contributed by atoms with Gasteiger partial charge in [-0.3, -0.25) is 0 Å². The summed E-state index contributed by atoms with van der Waals surface area (Å²) in [6.07, 6.45) is 2.03. The number of rotatable bonds is 4. The number of aromatic hydroxyl groups is 1. The van der Waals surface area contributed by atoms with Crippen molar-refractivity contribution in [3.63, 3.8) is 0 Å². The Labute approximate surface area is 139 Å². The number of hydrogen-bond donors (Lipinski definition) is 2. The van der Waals surface area contributed by atoms with Gasteiger partial charge in [-0.05, 0) is 42.7 Å². The van der Waals surface area contributed by atoms with Crippen molar-refractivity contribution in [3.8, 4) is 5.75 Å². The number of anilines is 1. The van der Waals surface area contributed by atoms with Gasteiger partial charge in [0, 0.05) is 22.3 Å². The predicted octanol–water partition coefficient (Wildman–Crippen LogP) is 5.10. The molecule has 1 heterocycles. The molecule has 0 saturated heterocycles. The summed E-state index contributed by atoms with van der Waals surface area (Å²) in [5, 5.41) is 13.2. The summed E-state index contributed by atoms with van der Waals surface area (Å²) in [6, 6.07) is 11.6. The second-order valence-corrected chi connectivity index (χ2v) is 7.49. The molecule has 0 radical (unpaired) electrons. The molecular weight excluding hydrogens is 368 g/mol. The molecule has 2 N–H and O–H groups in total. The smallest absolute Gasteiger partial charge is 0.150 e. The fraction of sp³-hybridized carbons (Fsp3) is 0.133. The van der Waals surface area contributed by atoms with Gasteiger partial charge in [-0.15, -0.1) is 11.3 Å². The SMILES string of the molecule is CSc1nc2ccc(NCc3cc(Br)ccc3O)cc2s1. The molecule has 108 valence electrons. The Morgan fingerprint density at radius 1 is 1.29 bits per heavy atom. The van der Waals surface area contributed by atoms with Gasteiger partial charge in [-0.25, -0.2) is 4.98 Å². The van der Waals surface area contributed by atoms with Gasteiger partial charge >= 0.3 is 0 Å². The summed E-state index contributed by atoms with van der Waals surface area (Å²) in [4.78, 5) is 4.52. The van der Waals surface area contributed by atoms with E-state index in [1.54, 1.807) is 29.2 Å². The van der Waals surface area contributed by atoms with Crippen molar-refractivity contribution < 1.29 is 5.11 Å². The highest BCUT2D eigenvalue weighted by molar-refractivity contribution is 9.10. The first-order valence-electron chi connectivity index (χ1n) is 6.31. The lowest BCUT2D eigenvalue weighted by Crippen LogP contribution is -1.99. The molecule has 2 aromatic carbocycles. The predicted molar refractivity (Wildman–Crippen MR) is 94.5 cm³/mol. The maximum atomic E-state index is 9.85. The molecule has 3 nitrogen and oxygen atoms in total. The third-order valence-corrected chi connectivity index (χ3v) is 5.56. The van der Waals surface area contributed by atoms with Crippen LogP contribution in [0.5, 0.6) is 5.75 Å². The Hall–Kier alpha value is -1.24. The van der Waals surface area contributed by atoms with Gasteiger partial charge in [0.25, 0.3) is 0 Å². The van der Waals surface area contributed by atoms with E-state index in [1.165, 1.54) is 4.70 Å². The van der Waals surface area contributed by atoms with Gasteiger partial charge in [0.05, 0.1) is 10.2 Å². The molecule has 0 atom stereocenters. The molecule has 3 rings (SSSR count). The minimum atomic E-state index is 0.300. The molecule has 0 unspecified atom stereocenters. The quantitative estimate of drug-likeness (QED) is 0.618. The lowest BCUT2D eigenvalue weighted by Gasteiger charge is -2.08. The van der Waals surface area contributed by atoms with E-state index >= 15 is 0 Å². The third-order valence-electron chi connectivity index (χ3n) is 3.07. The first kappa shape index (κ1) is 14.7. The summed E-state index contributed by atoms with van der Waals surface area (Å²) in [7, 11) is 0. The first-order valence-corrected chi connectivity index (χ1v) is 9.15. The van der Waals surface area contributed by atoms with Crippen molar-refractivity contribution in [2.45, 2.75) is 10.9 Å². The van der Waals surface area contributed by atoms with Crippen LogP contribution in [0.25, 0.3) is 10.2 Å². The lowest BCUT2D eigenvalue weighted by atomic mass is 10.2. The van der Waals surface area contributed by atoms with Crippen molar-refractivity contribution in [1.82, 2.24) is 4.98 Å². The van der Waals surface area contributed by atoms with Crippen molar-refractivity contribution in [1.29, 1.82) is 0 Å². The molecule has 0 aliphatic carbocycles. The number of phenolic OH excluding ortho intramolecular Hbond substituents is 1. The van der Waals surface area contributed by atoms with E-state index in [1.807, 2.05) is 30.5 Å². The molecule has 0 bridgehead atoms. The van der Waals surface area contributed by atoms with Crippen LogP contribution in [0.4, 0.5) is 5.69 Å². The Kier molecular flexibility index (Phi) is 4.37. The van der Waals surface area contributed by atoms with Crippen molar-refractivity contribution >= 4 is 54.9 Å². The second kappa shape index (κ2) is 6.25. The zero-order chi connectivity index (χ0) is 14.8. The van der Waals surface area contributed by atoms with Gasteiger partial charge in [0.15, 0.2) is 4.34 Å². The van der Waals surface area contributed by atoms with E-state index in [4.69, 9.17) is 0 Å². The Morgan fingerprint density at radius 2 is 2.14 bits per heavy atom.